The Kier molecular flexibility index (Phi) is 6.36. The van der Waals surface area contributed by atoms with Gasteiger partial charge in [0, 0.05) is 43.2 Å². The summed E-state index contributed by atoms with van der Waals surface area (Å²) in [6.07, 6.45) is 4.45. The maximum atomic E-state index is 4.80. The molecule has 0 saturated carbocycles. The molecule has 5 heteroatoms. The quantitative estimate of drug-likeness (QED) is 0.581. The van der Waals surface area contributed by atoms with Gasteiger partial charge in [0.2, 0.25) is 0 Å². The number of hydrogen-bond donors (Lipinski definition) is 0. The zero-order valence-corrected chi connectivity index (χ0v) is 18.5. The molecule has 152 valence electrons. The first-order valence-corrected chi connectivity index (χ1v) is 11.4. The van der Waals surface area contributed by atoms with Crippen molar-refractivity contribution in [1.82, 2.24) is 14.9 Å². The standard InChI is InChI=1S/C24H30N4S/c1-18-5-4-6-20-15-25-23(26-24(18)20)17-29-22-11-13-28(14-12-22)16-19-7-9-21(10-8-19)27(2)3/h4-10,15,22H,11-14,16-17H2,1-3H3. The Morgan fingerprint density at radius 3 is 2.55 bits per heavy atom. The number of rotatable bonds is 6. The average molecular weight is 407 g/mol. The zero-order chi connectivity index (χ0) is 20.2. The van der Waals surface area contributed by atoms with Crippen molar-refractivity contribution >= 4 is 28.4 Å². The van der Waals surface area contributed by atoms with E-state index in [-0.39, 0.29) is 0 Å². The van der Waals surface area contributed by atoms with E-state index in [4.69, 9.17) is 4.98 Å². The maximum absolute atomic E-state index is 4.80. The van der Waals surface area contributed by atoms with Crippen LogP contribution in [0.1, 0.15) is 29.8 Å². The van der Waals surface area contributed by atoms with Gasteiger partial charge in [-0.3, -0.25) is 4.90 Å². The molecule has 0 radical (unpaired) electrons. The molecule has 1 fully saturated rings. The third kappa shape index (κ3) is 5.09. The van der Waals surface area contributed by atoms with E-state index in [1.54, 1.807) is 0 Å². The minimum atomic E-state index is 0.707. The molecule has 0 bridgehead atoms. The van der Waals surface area contributed by atoms with E-state index < -0.39 is 0 Å². The largest absolute Gasteiger partial charge is 0.378 e. The van der Waals surface area contributed by atoms with Crippen molar-refractivity contribution in [3.63, 3.8) is 0 Å². The molecule has 3 aromatic rings. The van der Waals surface area contributed by atoms with Gasteiger partial charge in [-0.05, 0) is 56.1 Å². The molecule has 0 aliphatic carbocycles. The van der Waals surface area contributed by atoms with Crippen molar-refractivity contribution in [2.75, 3.05) is 32.1 Å². The van der Waals surface area contributed by atoms with Gasteiger partial charge in [-0.1, -0.05) is 30.3 Å². The Labute approximate surface area is 178 Å². The first-order chi connectivity index (χ1) is 14.1. The van der Waals surface area contributed by atoms with Crippen molar-refractivity contribution in [2.45, 2.75) is 37.3 Å². The third-order valence-electron chi connectivity index (χ3n) is 5.70. The molecule has 1 aliphatic heterocycles. The van der Waals surface area contributed by atoms with Crippen LogP contribution in [0.3, 0.4) is 0 Å². The van der Waals surface area contributed by atoms with E-state index in [2.05, 4.69) is 78.3 Å². The molecule has 29 heavy (non-hydrogen) atoms. The predicted octanol–water partition coefficient (Wildman–Crippen LogP) is 4.90. The number of para-hydroxylation sites is 1. The van der Waals surface area contributed by atoms with Crippen LogP contribution in [-0.4, -0.2) is 47.3 Å². The van der Waals surface area contributed by atoms with Crippen LogP contribution in [0.2, 0.25) is 0 Å². The van der Waals surface area contributed by atoms with Crippen molar-refractivity contribution in [2.24, 2.45) is 0 Å². The first kappa shape index (κ1) is 20.2. The number of benzene rings is 2. The molecular weight excluding hydrogens is 376 g/mol. The molecular formula is C24H30N4S. The fourth-order valence-electron chi connectivity index (χ4n) is 3.89. The minimum Gasteiger partial charge on any atom is -0.378 e. The maximum Gasteiger partial charge on any atom is 0.138 e. The number of nitrogens with zero attached hydrogens (tertiary/aromatic N) is 4. The smallest absolute Gasteiger partial charge is 0.138 e. The molecule has 1 saturated heterocycles. The Hall–Kier alpha value is -2.11. The fourth-order valence-corrected chi connectivity index (χ4v) is 4.96. The molecule has 4 nitrogen and oxygen atoms in total. The molecule has 4 rings (SSSR count). The number of likely N-dealkylation sites (tertiary alicyclic amines) is 1. The van der Waals surface area contributed by atoms with Gasteiger partial charge in [0.1, 0.15) is 5.82 Å². The van der Waals surface area contributed by atoms with Gasteiger partial charge in [0.05, 0.1) is 11.3 Å². The van der Waals surface area contributed by atoms with Crippen LogP contribution in [0.15, 0.2) is 48.7 Å². The lowest BCUT2D eigenvalue weighted by Crippen LogP contribution is -2.34. The molecule has 0 N–H and O–H groups in total. The van der Waals surface area contributed by atoms with Crippen LogP contribution in [0.4, 0.5) is 5.69 Å². The summed E-state index contributed by atoms with van der Waals surface area (Å²) in [5.74, 6) is 1.86. The predicted molar refractivity (Wildman–Crippen MR) is 125 cm³/mol. The van der Waals surface area contributed by atoms with Crippen LogP contribution >= 0.6 is 11.8 Å². The number of aryl methyl sites for hydroxylation is 1. The Bertz CT molecular complexity index is 947. The minimum absolute atomic E-state index is 0.707. The number of fused-ring (bicyclic) bond motifs is 1. The normalized spacial score (nSPS) is 15.7. The summed E-state index contributed by atoms with van der Waals surface area (Å²) < 4.78 is 0. The van der Waals surface area contributed by atoms with E-state index in [1.165, 1.54) is 42.7 Å². The summed E-state index contributed by atoms with van der Waals surface area (Å²) in [7, 11) is 4.17. The molecule has 0 spiro atoms. The zero-order valence-electron chi connectivity index (χ0n) is 17.6. The lowest BCUT2D eigenvalue weighted by molar-refractivity contribution is 0.225. The SMILES string of the molecule is Cc1cccc2cnc(CSC3CCN(Cc4ccc(N(C)C)cc4)CC3)nc12. The van der Waals surface area contributed by atoms with Gasteiger partial charge in [-0.15, -0.1) is 0 Å². The van der Waals surface area contributed by atoms with Gasteiger partial charge in [0.15, 0.2) is 0 Å². The summed E-state index contributed by atoms with van der Waals surface area (Å²) in [6.45, 7) is 5.52. The summed E-state index contributed by atoms with van der Waals surface area (Å²) in [5.41, 5.74) is 4.98. The Balaban J connectivity index is 1.26. The van der Waals surface area contributed by atoms with Gasteiger partial charge >= 0.3 is 0 Å². The summed E-state index contributed by atoms with van der Waals surface area (Å²) >= 11 is 2.02. The second-order valence-electron chi connectivity index (χ2n) is 8.15. The van der Waals surface area contributed by atoms with Crippen LogP contribution in [-0.2, 0) is 12.3 Å². The van der Waals surface area contributed by atoms with Crippen LogP contribution in [0.25, 0.3) is 10.9 Å². The Morgan fingerprint density at radius 2 is 1.83 bits per heavy atom. The number of hydrogen-bond acceptors (Lipinski definition) is 5. The molecule has 2 aromatic carbocycles. The number of aromatic nitrogens is 2. The molecule has 0 amide bonds. The number of anilines is 1. The van der Waals surface area contributed by atoms with Crippen molar-refractivity contribution in [3.05, 3.63) is 65.6 Å². The second kappa shape index (κ2) is 9.14. The van der Waals surface area contributed by atoms with Gasteiger partial charge in [-0.2, -0.15) is 11.8 Å². The van der Waals surface area contributed by atoms with Crippen LogP contribution < -0.4 is 4.90 Å². The van der Waals surface area contributed by atoms with E-state index in [0.29, 0.717) is 5.25 Å². The summed E-state index contributed by atoms with van der Waals surface area (Å²) in [6, 6.07) is 15.2. The van der Waals surface area contributed by atoms with Crippen LogP contribution in [0.5, 0.6) is 0 Å². The van der Waals surface area contributed by atoms with E-state index in [0.717, 1.165) is 29.0 Å². The molecule has 0 unspecified atom stereocenters. The highest BCUT2D eigenvalue weighted by Crippen LogP contribution is 2.27. The van der Waals surface area contributed by atoms with Crippen molar-refractivity contribution in [1.29, 1.82) is 0 Å². The highest BCUT2D eigenvalue weighted by Gasteiger charge is 2.20. The van der Waals surface area contributed by atoms with E-state index in [1.807, 2.05) is 18.0 Å². The second-order valence-corrected chi connectivity index (χ2v) is 9.44. The Morgan fingerprint density at radius 1 is 1.07 bits per heavy atom. The monoisotopic (exact) mass is 406 g/mol. The van der Waals surface area contributed by atoms with Gasteiger partial charge < -0.3 is 4.90 Å². The van der Waals surface area contributed by atoms with E-state index in [9.17, 15) is 0 Å². The number of thioether (sulfide) groups is 1. The van der Waals surface area contributed by atoms with Gasteiger partial charge in [-0.25, -0.2) is 9.97 Å². The molecule has 0 atom stereocenters. The van der Waals surface area contributed by atoms with Crippen molar-refractivity contribution in [3.8, 4) is 0 Å². The lowest BCUT2D eigenvalue weighted by atomic mass is 10.1. The molecule has 2 heterocycles. The average Bonchev–Trinajstić information content (AvgIpc) is 2.74. The van der Waals surface area contributed by atoms with Crippen molar-refractivity contribution < 1.29 is 0 Å². The highest BCUT2D eigenvalue weighted by atomic mass is 32.2. The molecule has 1 aromatic heterocycles. The summed E-state index contributed by atoms with van der Waals surface area (Å²) in [4.78, 5) is 14.1. The third-order valence-corrected chi connectivity index (χ3v) is 7.07. The fraction of sp³-hybridized carbons (Fsp3) is 0.417. The van der Waals surface area contributed by atoms with Gasteiger partial charge in [0.25, 0.3) is 0 Å². The lowest BCUT2D eigenvalue weighted by Gasteiger charge is -2.31. The topological polar surface area (TPSA) is 32.3 Å². The van der Waals surface area contributed by atoms with E-state index >= 15 is 0 Å². The van der Waals surface area contributed by atoms with Crippen LogP contribution in [0, 0.1) is 6.92 Å². The first-order valence-electron chi connectivity index (χ1n) is 10.4. The molecule has 1 aliphatic rings. The number of piperidine rings is 1. The highest BCUT2D eigenvalue weighted by molar-refractivity contribution is 7.99. The summed E-state index contributed by atoms with van der Waals surface area (Å²) in [5, 5.41) is 1.84.